The van der Waals surface area contributed by atoms with E-state index in [0.29, 0.717) is 22.4 Å². The van der Waals surface area contributed by atoms with Crippen molar-refractivity contribution in [1.29, 1.82) is 0 Å². The average Bonchev–Trinajstić information content (AvgIpc) is 2.66. The predicted molar refractivity (Wildman–Crippen MR) is 128 cm³/mol. The van der Waals surface area contributed by atoms with E-state index in [1.54, 1.807) is 7.11 Å². The largest absolute Gasteiger partial charge is 0.495 e. The van der Waals surface area contributed by atoms with Gasteiger partial charge in [0.05, 0.1) is 24.4 Å². The van der Waals surface area contributed by atoms with Crippen molar-refractivity contribution in [3.8, 4) is 5.75 Å². The summed E-state index contributed by atoms with van der Waals surface area (Å²) in [4.78, 5) is 6.80. The molecule has 0 radical (unpaired) electrons. The number of hydrogen-bond donors (Lipinski definition) is 2. The summed E-state index contributed by atoms with van der Waals surface area (Å²) in [6.07, 6.45) is 3.79. The normalized spacial score (nSPS) is 17.9. The minimum Gasteiger partial charge on any atom is -0.495 e. The number of benzene rings is 1. The van der Waals surface area contributed by atoms with E-state index in [4.69, 9.17) is 28.6 Å². The molecule has 0 aliphatic carbocycles. The number of halogens is 1. The van der Waals surface area contributed by atoms with Crippen LogP contribution in [0.15, 0.2) is 42.6 Å². The highest BCUT2D eigenvalue weighted by molar-refractivity contribution is 7.80. The number of pyridine rings is 1. The number of piperidine rings is 1. The smallest absolute Gasteiger partial charge is 0.174 e. The van der Waals surface area contributed by atoms with Crippen molar-refractivity contribution >= 4 is 34.6 Å². The predicted octanol–water partition coefficient (Wildman–Crippen LogP) is 5.25. The van der Waals surface area contributed by atoms with Crippen LogP contribution in [0, 0.1) is 0 Å². The van der Waals surface area contributed by atoms with Gasteiger partial charge in [0.2, 0.25) is 0 Å². The molecule has 7 heteroatoms. The summed E-state index contributed by atoms with van der Waals surface area (Å²) >= 11 is 12.1. The SMILES string of the molecule is COc1cc(NC(=S)N(Cc2ccccn2)C2CC(C)(C)NC(C)(C)C2)ccc1Cl. The number of aromatic nitrogens is 1. The van der Waals surface area contributed by atoms with E-state index in [0.717, 1.165) is 24.2 Å². The Morgan fingerprint density at radius 1 is 1.23 bits per heavy atom. The number of rotatable bonds is 5. The second kappa shape index (κ2) is 9.08. The standard InChI is InChI=1S/C23H31ClN4OS/c1-22(2)13-18(14-23(3,4)27-22)28(15-17-8-6-7-11-25-17)21(30)26-16-9-10-19(24)20(12-16)29-5/h6-12,18,27H,13-15H2,1-5H3,(H,26,30). The van der Waals surface area contributed by atoms with Crippen LogP contribution in [0.1, 0.15) is 46.2 Å². The van der Waals surface area contributed by atoms with Crippen LogP contribution in [0.2, 0.25) is 5.02 Å². The molecule has 5 nitrogen and oxygen atoms in total. The quantitative estimate of drug-likeness (QED) is 0.611. The highest BCUT2D eigenvalue weighted by atomic mass is 35.5. The molecule has 0 unspecified atom stereocenters. The molecule has 0 amide bonds. The molecular formula is C23H31ClN4OS. The fourth-order valence-corrected chi connectivity index (χ4v) is 4.98. The molecule has 0 spiro atoms. The van der Waals surface area contributed by atoms with Crippen LogP contribution in [0.5, 0.6) is 5.75 Å². The summed E-state index contributed by atoms with van der Waals surface area (Å²) in [5.74, 6) is 0.616. The molecule has 2 N–H and O–H groups in total. The first-order chi connectivity index (χ1) is 14.1. The number of methoxy groups -OCH3 is 1. The Balaban J connectivity index is 1.88. The van der Waals surface area contributed by atoms with Gasteiger partial charge in [0.25, 0.3) is 0 Å². The zero-order valence-corrected chi connectivity index (χ0v) is 19.9. The second-order valence-corrected chi connectivity index (χ2v) is 9.98. The Hall–Kier alpha value is -1.89. The molecule has 2 heterocycles. The molecular weight excluding hydrogens is 416 g/mol. The van der Waals surface area contributed by atoms with Crippen molar-refractivity contribution in [1.82, 2.24) is 15.2 Å². The van der Waals surface area contributed by atoms with Gasteiger partial charge in [-0.15, -0.1) is 0 Å². The lowest BCUT2D eigenvalue weighted by atomic mass is 9.79. The molecule has 0 saturated carbocycles. The summed E-state index contributed by atoms with van der Waals surface area (Å²) in [5.41, 5.74) is 1.85. The van der Waals surface area contributed by atoms with Crippen LogP contribution >= 0.6 is 23.8 Å². The number of nitrogens with one attached hydrogen (secondary N) is 2. The fourth-order valence-electron chi connectivity index (χ4n) is 4.45. The Labute approximate surface area is 190 Å². The molecule has 3 rings (SSSR count). The van der Waals surface area contributed by atoms with Crippen LogP contribution in [-0.2, 0) is 6.54 Å². The maximum absolute atomic E-state index is 6.18. The third-order valence-electron chi connectivity index (χ3n) is 5.33. The molecule has 0 bridgehead atoms. The van der Waals surface area contributed by atoms with Gasteiger partial charge in [0.1, 0.15) is 5.75 Å². The number of ether oxygens (including phenoxy) is 1. The van der Waals surface area contributed by atoms with Crippen molar-refractivity contribution in [2.45, 2.75) is 64.2 Å². The summed E-state index contributed by atoms with van der Waals surface area (Å²) in [7, 11) is 1.61. The van der Waals surface area contributed by atoms with Gasteiger partial charge < -0.3 is 20.3 Å². The summed E-state index contributed by atoms with van der Waals surface area (Å²) < 4.78 is 5.35. The molecule has 1 aromatic carbocycles. The van der Waals surface area contributed by atoms with E-state index < -0.39 is 0 Å². The summed E-state index contributed by atoms with van der Waals surface area (Å²) in [6.45, 7) is 9.65. The molecule has 30 heavy (non-hydrogen) atoms. The first-order valence-electron chi connectivity index (χ1n) is 10.2. The number of nitrogens with zero attached hydrogens (tertiary/aromatic N) is 2. The lowest BCUT2D eigenvalue weighted by Crippen LogP contribution is -2.63. The van der Waals surface area contributed by atoms with Crippen molar-refractivity contribution in [2.75, 3.05) is 12.4 Å². The molecule has 1 aliphatic heterocycles. The van der Waals surface area contributed by atoms with Crippen LogP contribution in [0.3, 0.4) is 0 Å². The number of anilines is 1. The average molecular weight is 447 g/mol. The Bertz CT molecular complexity index is 872. The van der Waals surface area contributed by atoms with E-state index >= 15 is 0 Å². The first-order valence-corrected chi connectivity index (χ1v) is 11.0. The zero-order chi connectivity index (χ0) is 21.9. The van der Waals surface area contributed by atoms with Gasteiger partial charge in [-0.2, -0.15) is 0 Å². The van der Waals surface area contributed by atoms with E-state index in [1.807, 2.05) is 42.6 Å². The fraction of sp³-hybridized carbons (Fsp3) is 0.478. The first kappa shape index (κ1) is 22.8. The van der Waals surface area contributed by atoms with E-state index in [9.17, 15) is 0 Å². The summed E-state index contributed by atoms with van der Waals surface area (Å²) in [6, 6.07) is 11.8. The van der Waals surface area contributed by atoms with Gasteiger partial charge in [0.15, 0.2) is 5.11 Å². The minimum absolute atomic E-state index is 0.00783. The Morgan fingerprint density at radius 3 is 2.53 bits per heavy atom. The molecule has 1 saturated heterocycles. The van der Waals surface area contributed by atoms with Gasteiger partial charge in [-0.1, -0.05) is 17.7 Å². The van der Waals surface area contributed by atoms with Crippen molar-refractivity contribution in [3.63, 3.8) is 0 Å². The van der Waals surface area contributed by atoms with Gasteiger partial charge >= 0.3 is 0 Å². The van der Waals surface area contributed by atoms with E-state index in [1.165, 1.54) is 0 Å². The van der Waals surface area contributed by atoms with Gasteiger partial charge in [-0.05, 0) is 77.0 Å². The third-order valence-corrected chi connectivity index (χ3v) is 5.98. The lowest BCUT2D eigenvalue weighted by Gasteiger charge is -2.50. The lowest BCUT2D eigenvalue weighted by molar-refractivity contribution is 0.101. The van der Waals surface area contributed by atoms with Crippen molar-refractivity contribution in [2.24, 2.45) is 0 Å². The van der Waals surface area contributed by atoms with Gasteiger partial charge in [-0.3, -0.25) is 4.98 Å². The number of hydrogen-bond acceptors (Lipinski definition) is 4. The van der Waals surface area contributed by atoms with Crippen molar-refractivity contribution in [3.05, 3.63) is 53.3 Å². The molecule has 1 aromatic heterocycles. The monoisotopic (exact) mass is 446 g/mol. The van der Waals surface area contributed by atoms with Crippen LogP contribution in [-0.4, -0.2) is 39.2 Å². The van der Waals surface area contributed by atoms with E-state index in [-0.39, 0.29) is 17.1 Å². The van der Waals surface area contributed by atoms with Crippen molar-refractivity contribution < 1.29 is 4.74 Å². The highest BCUT2D eigenvalue weighted by Gasteiger charge is 2.40. The molecule has 1 fully saturated rings. The van der Waals surface area contributed by atoms with Crippen LogP contribution in [0.25, 0.3) is 0 Å². The molecule has 0 atom stereocenters. The number of thiocarbonyl (C=S) groups is 1. The zero-order valence-electron chi connectivity index (χ0n) is 18.3. The van der Waals surface area contributed by atoms with Crippen LogP contribution in [0.4, 0.5) is 5.69 Å². The Kier molecular flexibility index (Phi) is 6.90. The van der Waals surface area contributed by atoms with Gasteiger partial charge in [-0.25, -0.2) is 0 Å². The summed E-state index contributed by atoms with van der Waals surface area (Å²) in [5, 5.41) is 8.38. The molecule has 162 valence electrons. The maximum atomic E-state index is 6.18. The minimum atomic E-state index is 0.00783. The highest BCUT2D eigenvalue weighted by Crippen LogP contribution is 2.33. The topological polar surface area (TPSA) is 49.4 Å². The second-order valence-electron chi connectivity index (χ2n) is 9.18. The maximum Gasteiger partial charge on any atom is 0.174 e. The third kappa shape index (κ3) is 5.84. The van der Waals surface area contributed by atoms with E-state index in [2.05, 4.69) is 48.2 Å². The van der Waals surface area contributed by atoms with Gasteiger partial charge in [0, 0.05) is 35.1 Å². The van der Waals surface area contributed by atoms with Crippen LogP contribution < -0.4 is 15.4 Å². The Morgan fingerprint density at radius 2 is 1.93 bits per heavy atom. The molecule has 2 aromatic rings. The molecule has 1 aliphatic rings.